The van der Waals surface area contributed by atoms with Gasteiger partial charge in [-0.05, 0) is 97.6 Å². The van der Waals surface area contributed by atoms with Crippen molar-refractivity contribution < 1.29 is 0 Å². The first-order valence-electron chi connectivity index (χ1n) is 10.3. The van der Waals surface area contributed by atoms with E-state index in [1.807, 2.05) is 24.7 Å². The average Bonchev–Trinajstić information content (AvgIpc) is 3.45. The maximum atomic E-state index is 8.98. The van der Waals surface area contributed by atoms with Gasteiger partial charge in [0.05, 0.1) is 29.7 Å². The summed E-state index contributed by atoms with van der Waals surface area (Å²) in [6.45, 7) is 0. The Morgan fingerprint density at radius 2 is 1.70 bits per heavy atom. The van der Waals surface area contributed by atoms with Gasteiger partial charge in [-0.2, -0.15) is 5.26 Å². The minimum absolute atomic E-state index is 0.655. The molecule has 0 N–H and O–H groups in total. The number of rotatable bonds is 4. The Morgan fingerprint density at radius 3 is 2.41 bits per heavy atom. The van der Waals surface area contributed by atoms with Crippen LogP contribution in [0.2, 0.25) is 0 Å². The van der Waals surface area contributed by atoms with Gasteiger partial charge in [-0.25, -0.2) is 4.98 Å². The molecule has 0 spiro atoms. The van der Waals surface area contributed by atoms with Crippen molar-refractivity contribution >= 4 is 5.52 Å². The Bertz CT molecular complexity index is 981. The molecule has 2 aromatic heterocycles. The Hall–Kier alpha value is -2.60. The molecule has 0 atom stereocenters. The second-order valence-corrected chi connectivity index (χ2v) is 8.37. The van der Waals surface area contributed by atoms with Gasteiger partial charge in [-0.1, -0.05) is 12.1 Å². The van der Waals surface area contributed by atoms with Crippen molar-refractivity contribution in [2.45, 2.75) is 56.8 Å². The van der Waals surface area contributed by atoms with Crippen molar-refractivity contribution in [2.24, 2.45) is 5.92 Å². The van der Waals surface area contributed by atoms with Crippen molar-refractivity contribution in [2.75, 3.05) is 0 Å². The summed E-state index contributed by atoms with van der Waals surface area (Å²) < 4.78 is 2.18. The van der Waals surface area contributed by atoms with Crippen molar-refractivity contribution in [3.63, 3.8) is 0 Å². The predicted octanol–water partition coefficient (Wildman–Crippen LogP) is 5.60. The smallest absolute Gasteiger partial charge is 0.0992 e. The zero-order valence-electron chi connectivity index (χ0n) is 15.6. The lowest BCUT2D eigenvalue weighted by Crippen LogP contribution is -2.16. The third-order valence-corrected chi connectivity index (χ3v) is 6.61. The van der Waals surface area contributed by atoms with Gasteiger partial charge in [-0.3, -0.25) is 0 Å². The van der Waals surface area contributed by atoms with Crippen LogP contribution in [-0.4, -0.2) is 9.38 Å². The number of nitriles is 1. The van der Waals surface area contributed by atoms with E-state index in [9.17, 15) is 0 Å². The van der Waals surface area contributed by atoms with E-state index in [1.165, 1.54) is 56.0 Å². The minimum atomic E-state index is 0.655. The van der Waals surface area contributed by atoms with Crippen LogP contribution in [0.1, 0.15) is 72.6 Å². The van der Waals surface area contributed by atoms with Gasteiger partial charge in [-0.15, -0.1) is 0 Å². The Labute approximate surface area is 160 Å². The molecular formula is C24H25N3. The summed E-state index contributed by atoms with van der Waals surface area (Å²) in [7, 11) is 0. The third kappa shape index (κ3) is 3.25. The lowest BCUT2D eigenvalue weighted by Gasteiger charge is -2.29. The lowest BCUT2D eigenvalue weighted by molar-refractivity contribution is 0.324. The molecule has 3 heteroatoms. The van der Waals surface area contributed by atoms with Crippen LogP contribution in [-0.2, 0) is 6.42 Å². The van der Waals surface area contributed by atoms with Crippen molar-refractivity contribution in [1.29, 1.82) is 5.26 Å². The summed E-state index contributed by atoms with van der Waals surface area (Å²) in [5.74, 6) is 2.22. The maximum absolute atomic E-state index is 8.98. The Kier molecular flexibility index (Phi) is 4.20. The van der Waals surface area contributed by atoms with Gasteiger partial charge in [0.15, 0.2) is 0 Å². The highest BCUT2D eigenvalue weighted by Gasteiger charge is 2.29. The largest absolute Gasteiger partial charge is 0.306 e. The molecule has 1 aromatic carbocycles. The number of pyridine rings is 1. The van der Waals surface area contributed by atoms with Gasteiger partial charge in [0.2, 0.25) is 0 Å². The molecule has 136 valence electrons. The van der Waals surface area contributed by atoms with Crippen LogP contribution in [0.5, 0.6) is 0 Å². The molecule has 3 nitrogen and oxygen atoms in total. The van der Waals surface area contributed by atoms with E-state index in [-0.39, 0.29) is 0 Å². The molecular weight excluding hydrogens is 330 g/mol. The Balaban J connectivity index is 1.31. The highest BCUT2D eigenvalue weighted by molar-refractivity contribution is 5.58. The summed E-state index contributed by atoms with van der Waals surface area (Å²) in [4.78, 5) is 4.38. The number of imidazole rings is 1. The molecule has 3 aromatic rings. The van der Waals surface area contributed by atoms with Gasteiger partial charge in [0.1, 0.15) is 0 Å². The van der Waals surface area contributed by atoms with E-state index in [0.717, 1.165) is 17.4 Å². The van der Waals surface area contributed by atoms with Crippen LogP contribution < -0.4 is 0 Å². The summed E-state index contributed by atoms with van der Waals surface area (Å²) in [5.41, 5.74) is 6.61. The number of hydrogen-bond acceptors (Lipinski definition) is 2. The van der Waals surface area contributed by atoms with Crippen LogP contribution in [0.25, 0.3) is 5.52 Å². The topological polar surface area (TPSA) is 41.1 Å². The highest BCUT2D eigenvalue weighted by Crippen LogP contribution is 2.44. The molecule has 2 heterocycles. The van der Waals surface area contributed by atoms with Gasteiger partial charge >= 0.3 is 0 Å². The van der Waals surface area contributed by atoms with E-state index in [2.05, 4.69) is 39.8 Å². The molecule has 0 saturated heterocycles. The highest BCUT2D eigenvalue weighted by atomic mass is 15.0. The van der Waals surface area contributed by atoms with E-state index in [0.29, 0.717) is 5.92 Å². The molecule has 0 radical (unpaired) electrons. The first-order chi connectivity index (χ1) is 13.3. The molecule has 0 amide bonds. The quantitative estimate of drug-likeness (QED) is 0.611. The Morgan fingerprint density at radius 1 is 0.963 bits per heavy atom. The number of aromatic nitrogens is 2. The number of benzene rings is 1. The summed E-state index contributed by atoms with van der Waals surface area (Å²) >= 11 is 0. The third-order valence-electron chi connectivity index (χ3n) is 6.61. The second-order valence-electron chi connectivity index (χ2n) is 8.37. The monoisotopic (exact) mass is 355 g/mol. The molecule has 0 aliphatic heterocycles. The second kappa shape index (κ2) is 6.85. The van der Waals surface area contributed by atoms with E-state index < -0.39 is 0 Å². The minimum Gasteiger partial charge on any atom is -0.306 e. The van der Waals surface area contributed by atoms with Crippen LogP contribution in [0.3, 0.4) is 0 Å². The molecule has 2 fully saturated rings. The lowest BCUT2D eigenvalue weighted by atomic mass is 9.76. The zero-order chi connectivity index (χ0) is 18.2. The molecule has 0 unspecified atom stereocenters. The number of nitrogens with zero attached hydrogens (tertiary/aromatic N) is 3. The van der Waals surface area contributed by atoms with E-state index in [1.54, 1.807) is 11.1 Å². The van der Waals surface area contributed by atoms with Crippen molar-refractivity contribution in [1.82, 2.24) is 9.38 Å². The SMILES string of the molecule is N#Cc1ccc(C2CCC(Cc3c(C4CC4)ccn4cncc34)CC2)cc1. The average molecular weight is 355 g/mol. The first kappa shape index (κ1) is 16.6. The predicted molar refractivity (Wildman–Crippen MR) is 107 cm³/mol. The molecule has 2 aliphatic rings. The standard InChI is InChI=1S/C24H25N3/c25-14-18-3-7-20(8-4-18)19-5-1-17(2-6-19)13-23-22(21-9-10-21)11-12-27-16-26-15-24(23)27/h3-4,7-8,11-12,15-17,19,21H,1-2,5-6,9-10,13H2. The summed E-state index contributed by atoms with van der Waals surface area (Å²) in [5, 5.41) is 8.98. The summed E-state index contributed by atoms with van der Waals surface area (Å²) in [6, 6.07) is 12.8. The maximum Gasteiger partial charge on any atom is 0.0992 e. The molecule has 2 saturated carbocycles. The fraction of sp³-hybridized carbons (Fsp3) is 0.417. The fourth-order valence-electron chi connectivity index (χ4n) is 4.88. The van der Waals surface area contributed by atoms with Crippen LogP contribution in [0, 0.1) is 17.2 Å². The van der Waals surface area contributed by atoms with Gasteiger partial charge in [0, 0.05) is 6.20 Å². The summed E-state index contributed by atoms with van der Waals surface area (Å²) in [6.07, 6.45) is 15.2. The van der Waals surface area contributed by atoms with Crippen LogP contribution in [0.15, 0.2) is 49.1 Å². The van der Waals surface area contributed by atoms with Crippen molar-refractivity contribution in [3.8, 4) is 6.07 Å². The van der Waals surface area contributed by atoms with Crippen LogP contribution in [0.4, 0.5) is 0 Å². The van der Waals surface area contributed by atoms with E-state index in [4.69, 9.17) is 5.26 Å². The molecule has 27 heavy (non-hydrogen) atoms. The number of hydrogen-bond donors (Lipinski definition) is 0. The van der Waals surface area contributed by atoms with Gasteiger partial charge < -0.3 is 4.40 Å². The van der Waals surface area contributed by atoms with Gasteiger partial charge in [0.25, 0.3) is 0 Å². The number of fused-ring (bicyclic) bond motifs is 1. The molecule has 2 aliphatic carbocycles. The van der Waals surface area contributed by atoms with Crippen molar-refractivity contribution in [3.05, 3.63) is 71.3 Å². The molecule has 5 rings (SSSR count). The molecule has 0 bridgehead atoms. The fourth-order valence-corrected chi connectivity index (χ4v) is 4.88. The van der Waals surface area contributed by atoms with E-state index >= 15 is 0 Å². The van der Waals surface area contributed by atoms with Crippen LogP contribution >= 0.6 is 0 Å². The zero-order valence-corrected chi connectivity index (χ0v) is 15.6. The first-order valence-corrected chi connectivity index (χ1v) is 10.3. The normalized spacial score (nSPS) is 22.6.